The first-order chi connectivity index (χ1) is 29.4. The molecule has 2 fully saturated rings. The number of halogens is 3. The molecule has 4 aromatic heterocycles. The van der Waals surface area contributed by atoms with Gasteiger partial charge in [-0.25, -0.2) is 0 Å². The summed E-state index contributed by atoms with van der Waals surface area (Å²) in [6.07, 6.45) is 2.16. The summed E-state index contributed by atoms with van der Waals surface area (Å²) < 4.78 is 44.0. The van der Waals surface area contributed by atoms with Gasteiger partial charge < -0.3 is 9.80 Å². The summed E-state index contributed by atoms with van der Waals surface area (Å²) in [5.74, 6) is 2.43. The van der Waals surface area contributed by atoms with Crippen LogP contribution in [0.25, 0.3) is 15.9 Å². The third-order valence-corrected chi connectivity index (χ3v) is 14.8. The van der Waals surface area contributed by atoms with Gasteiger partial charge in [0.05, 0.1) is 47.6 Å². The number of aryl methyl sites for hydroxylation is 2. The number of thiophene rings is 1. The molecule has 0 radical (unpaired) electrons. The van der Waals surface area contributed by atoms with E-state index in [4.69, 9.17) is 9.98 Å². The number of pyridine rings is 1. The second-order valence-corrected chi connectivity index (χ2v) is 18.7. The summed E-state index contributed by atoms with van der Waals surface area (Å²) in [6.45, 7) is 16.3. The Labute approximate surface area is 358 Å². The molecular formula is C46H52F3N11S. The Balaban J connectivity index is 0.753. The molecule has 0 spiro atoms. The van der Waals surface area contributed by atoms with Gasteiger partial charge in [-0.3, -0.25) is 29.4 Å². The molecule has 15 heteroatoms. The number of alkyl halides is 3. The van der Waals surface area contributed by atoms with E-state index in [1.165, 1.54) is 21.7 Å². The molecule has 0 amide bonds. The normalized spacial score (nSPS) is 21.6. The highest BCUT2D eigenvalue weighted by Crippen LogP contribution is 2.42. The van der Waals surface area contributed by atoms with E-state index < -0.39 is 18.8 Å². The lowest BCUT2D eigenvalue weighted by Crippen LogP contribution is -2.49. The molecular weight excluding hydrogens is 796 g/mol. The van der Waals surface area contributed by atoms with Crippen molar-refractivity contribution in [2.75, 3.05) is 62.2 Å². The predicted molar refractivity (Wildman–Crippen MR) is 236 cm³/mol. The van der Waals surface area contributed by atoms with E-state index >= 15 is 0 Å². The van der Waals surface area contributed by atoms with E-state index in [-0.39, 0.29) is 12.1 Å². The van der Waals surface area contributed by atoms with Crippen LogP contribution in [0.4, 0.5) is 24.5 Å². The molecule has 318 valence electrons. The molecule has 4 aliphatic rings. The van der Waals surface area contributed by atoms with Gasteiger partial charge >= 0.3 is 6.18 Å². The minimum atomic E-state index is -4.32. The van der Waals surface area contributed by atoms with Crippen LogP contribution in [0.15, 0.2) is 65.9 Å². The summed E-state index contributed by atoms with van der Waals surface area (Å²) in [4.78, 5) is 20.4. The van der Waals surface area contributed by atoms with E-state index in [9.17, 15) is 13.2 Å². The number of H-pyrrole nitrogens is 1. The topological polar surface area (TPSA) is 97.6 Å². The fraction of sp³-hybridized carbons (Fsp3) is 0.457. The van der Waals surface area contributed by atoms with Crippen molar-refractivity contribution in [2.45, 2.75) is 78.2 Å². The zero-order valence-electron chi connectivity index (χ0n) is 35.4. The van der Waals surface area contributed by atoms with Crippen molar-refractivity contribution in [3.05, 3.63) is 111 Å². The van der Waals surface area contributed by atoms with Crippen molar-refractivity contribution in [1.29, 1.82) is 0 Å². The number of aromatic amines is 1. The van der Waals surface area contributed by atoms with Crippen LogP contribution in [-0.4, -0.2) is 110 Å². The molecule has 3 atom stereocenters. The number of nitrogens with zero attached hydrogens (tertiary/aromatic N) is 10. The molecule has 8 heterocycles. The zero-order valence-corrected chi connectivity index (χ0v) is 36.2. The number of nitrogens with one attached hydrogen (secondary N) is 1. The van der Waals surface area contributed by atoms with Gasteiger partial charge in [0.25, 0.3) is 0 Å². The Morgan fingerprint density at radius 1 is 0.836 bits per heavy atom. The average Bonchev–Trinajstić information content (AvgIpc) is 3.95. The van der Waals surface area contributed by atoms with Crippen LogP contribution in [0.2, 0.25) is 0 Å². The number of rotatable bonds is 7. The molecule has 6 aromatic rings. The highest BCUT2D eigenvalue weighted by Gasteiger charge is 2.42. The monoisotopic (exact) mass is 847 g/mol. The molecule has 10 rings (SSSR count). The van der Waals surface area contributed by atoms with Gasteiger partial charge in [-0.15, -0.1) is 21.5 Å². The number of anilines is 2. The minimum absolute atomic E-state index is 0.102. The van der Waals surface area contributed by atoms with Crippen molar-refractivity contribution in [1.82, 2.24) is 39.7 Å². The Hall–Kier alpha value is -5.12. The summed E-state index contributed by atoms with van der Waals surface area (Å²) >= 11 is 1.79. The Kier molecular flexibility index (Phi) is 10.3. The SMILES string of the molecule is Cc1sc2c(c1C)C(c1ccc(N3CCC(CN4CCN(c5ccc([C@@H]6c7ccc8[nH]ncc8c7C[C@@H](C)N6CC(F)(F)F)nc5)CC4)CC3)cc1)=N[C@@H](C)c1nnc(C)n1-2. The number of hydrogen-bond donors (Lipinski definition) is 1. The lowest BCUT2D eigenvalue weighted by atomic mass is 9.85. The largest absolute Gasteiger partial charge is 0.401 e. The molecule has 2 saturated heterocycles. The molecule has 0 saturated carbocycles. The summed E-state index contributed by atoms with van der Waals surface area (Å²) in [5, 5.41) is 18.2. The Bertz CT molecular complexity index is 2580. The quantitative estimate of drug-likeness (QED) is 0.171. The molecule has 1 N–H and O–H groups in total. The van der Waals surface area contributed by atoms with Crippen LogP contribution in [-0.2, 0) is 6.42 Å². The van der Waals surface area contributed by atoms with Gasteiger partial charge in [-0.1, -0.05) is 18.2 Å². The van der Waals surface area contributed by atoms with Crippen LogP contribution in [0.1, 0.15) is 88.8 Å². The highest BCUT2D eigenvalue weighted by atomic mass is 32.1. The number of aliphatic imine (C=N–C) groups is 1. The summed E-state index contributed by atoms with van der Waals surface area (Å²) in [7, 11) is 0. The van der Waals surface area contributed by atoms with Crippen molar-refractivity contribution >= 4 is 39.3 Å². The maximum atomic E-state index is 13.9. The number of benzene rings is 2. The molecule has 4 aliphatic heterocycles. The highest BCUT2D eigenvalue weighted by molar-refractivity contribution is 7.15. The maximum Gasteiger partial charge on any atom is 0.401 e. The van der Waals surface area contributed by atoms with Crippen molar-refractivity contribution in [3.63, 3.8) is 0 Å². The third kappa shape index (κ3) is 7.41. The molecule has 2 aromatic carbocycles. The fourth-order valence-electron chi connectivity index (χ4n) is 10.2. The number of piperazine rings is 1. The first kappa shape index (κ1) is 40.0. The van der Waals surface area contributed by atoms with E-state index in [2.05, 4.69) is 84.7 Å². The van der Waals surface area contributed by atoms with Gasteiger partial charge in [0, 0.05) is 78.9 Å². The molecule has 61 heavy (non-hydrogen) atoms. The Morgan fingerprint density at radius 3 is 2.30 bits per heavy atom. The van der Waals surface area contributed by atoms with Crippen LogP contribution in [0.3, 0.4) is 0 Å². The van der Waals surface area contributed by atoms with Crippen molar-refractivity contribution in [3.8, 4) is 5.00 Å². The number of piperidine rings is 1. The first-order valence-corrected chi connectivity index (χ1v) is 22.4. The number of fused-ring (bicyclic) bond motifs is 6. The fourth-order valence-corrected chi connectivity index (χ4v) is 11.4. The lowest BCUT2D eigenvalue weighted by molar-refractivity contribution is -0.155. The zero-order chi connectivity index (χ0) is 42.2. The molecule has 0 bridgehead atoms. The molecule has 0 unspecified atom stereocenters. The molecule has 11 nitrogen and oxygen atoms in total. The predicted octanol–water partition coefficient (Wildman–Crippen LogP) is 8.37. The second kappa shape index (κ2) is 15.7. The maximum absolute atomic E-state index is 13.9. The summed E-state index contributed by atoms with van der Waals surface area (Å²) in [6, 6.07) is 15.8. The molecule has 0 aliphatic carbocycles. The van der Waals surface area contributed by atoms with Crippen LogP contribution < -0.4 is 9.80 Å². The van der Waals surface area contributed by atoms with Gasteiger partial charge in [-0.05, 0) is 107 Å². The summed E-state index contributed by atoms with van der Waals surface area (Å²) in [5.41, 5.74) is 10.3. The van der Waals surface area contributed by atoms with Crippen LogP contribution in [0.5, 0.6) is 0 Å². The minimum Gasteiger partial charge on any atom is -0.372 e. The van der Waals surface area contributed by atoms with Crippen LogP contribution >= 0.6 is 11.3 Å². The van der Waals surface area contributed by atoms with E-state index in [1.807, 2.05) is 44.3 Å². The van der Waals surface area contributed by atoms with E-state index in [0.29, 0.717) is 18.0 Å². The lowest BCUT2D eigenvalue weighted by Gasteiger charge is -2.42. The number of aromatic nitrogens is 6. The Morgan fingerprint density at radius 2 is 1.57 bits per heavy atom. The smallest absolute Gasteiger partial charge is 0.372 e. The van der Waals surface area contributed by atoms with Crippen LogP contribution in [0, 0.1) is 26.7 Å². The average molecular weight is 848 g/mol. The second-order valence-electron chi connectivity index (χ2n) is 17.5. The van der Waals surface area contributed by atoms with E-state index in [1.54, 1.807) is 22.4 Å². The first-order valence-electron chi connectivity index (χ1n) is 21.6. The van der Waals surface area contributed by atoms with Crippen molar-refractivity contribution in [2.24, 2.45) is 10.9 Å². The van der Waals surface area contributed by atoms with Crippen molar-refractivity contribution < 1.29 is 13.2 Å². The third-order valence-electron chi connectivity index (χ3n) is 13.6. The van der Waals surface area contributed by atoms with Gasteiger partial charge in [0.2, 0.25) is 0 Å². The van der Waals surface area contributed by atoms with Gasteiger partial charge in [0.15, 0.2) is 5.82 Å². The van der Waals surface area contributed by atoms with E-state index in [0.717, 1.165) is 114 Å². The number of hydrogen-bond acceptors (Lipinski definition) is 10. The van der Waals surface area contributed by atoms with Gasteiger partial charge in [-0.2, -0.15) is 18.3 Å². The standard InChI is InChI=1S/C46H52F3N11S/c1-27-22-37-36(11-13-39-38(37)24-51-54-39)43(59(27)26-46(47,48)49)40-12-10-35(23-50-40)58-20-18-56(19-21-58)25-32-14-16-57(17-15-32)34-8-6-33(7-9-34)42-41-28(2)30(4)61-45(41)60-31(5)53-55-44(60)29(3)52-42/h6-13,23-24,27,29,32,43H,14-22,25-26H2,1-5H3,(H,51,54)/t27-,29+,43+/m1/s1. The van der Waals surface area contributed by atoms with Gasteiger partial charge in [0.1, 0.15) is 16.9 Å².